The first-order valence-electron chi connectivity index (χ1n) is 7.60. The number of benzene rings is 1. The maximum atomic E-state index is 12.4. The number of pyridine rings is 1. The van der Waals surface area contributed by atoms with Gasteiger partial charge in [-0.25, -0.2) is 4.79 Å². The molecule has 0 atom stereocenters. The van der Waals surface area contributed by atoms with E-state index in [0.29, 0.717) is 11.4 Å². The van der Waals surface area contributed by atoms with Crippen LogP contribution in [0.25, 0.3) is 0 Å². The number of para-hydroxylation sites is 1. The van der Waals surface area contributed by atoms with Crippen molar-refractivity contribution in [2.75, 3.05) is 6.61 Å². The Morgan fingerprint density at radius 1 is 1.11 bits per heavy atom. The molecular weight excluding hydrogens is 380 g/mol. The van der Waals surface area contributed by atoms with Crippen molar-refractivity contribution in [3.05, 3.63) is 63.5 Å². The van der Waals surface area contributed by atoms with Crippen LogP contribution in [-0.4, -0.2) is 28.6 Å². The highest BCUT2D eigenvalue weighted by atomic mass is 35.5. The minimum atomic E-state index is -0.871. The number of ether oxygens (including phenoxy) is 2. The van der Waals surface area contributed by atoms with Crippen LogP contribution in [0.3, 0.4) is 0 Å². The highest BCUT2D eigenvalue weighted by molar-refractivity contribution is 5.94. The predicted octanol–water partition coefficient (Wildman–Crippen LogP) is 2.71. The molecule has 0 spiro atoms. The third-order valence-electron chi connectivity index (χ3n) is 3.21. The molecule has 144 valence electrons. The summed E-state index contributed by atoms with van der Waals surface area (Å²) in [5, 5.41) is 9.26. The van der Waals surface area contributed by atoms with Gasteiger partial charge < -0.3 is 14.3 Å². The van der Waals surface area contributed by atoms with Crippen LogP contribution >= 0.6 is 12.4 Å². The Morgan fingerprint density at radius 3 is 2.44 bits per heavy atom. The number of aromatic nitrogens is 1. The van der Waals surface area contributed by atoms with Crippen molar-refractivity contribution >= 4 is 24.3 Å². The number of aryl methyl sites for hydroxylation is 1. The number of hydrogen-bond donors (Lipinski definition) is 0. The second-order valence-corrected chi connectivity index (χ2v) is 5.17. The molecule has 0 aliphatic rings. The minimum Gasteiger partial charge on any atom is -0.426 e. The first-order chi connectivity index (χ1) is 12.4. The summed E-state index contributed by atoms with van der Waals surface area (Å²) in [7, 11) is 0. The summed E-state index contributed by atoms with van der Waals surface area (Å²) in [6, 6.07) is 9.33. The lowest BCUT2D eigenvalue weighted by molar-refractivity contribution is -0.757. The Hall–Kier alpha value is -3.20. The number of halogens is 1. The van der Waals surface area contributed by atoms with E-state index in [1.165, 1.54) is 25.1 Å². The average molecular weight is 397 g/mol. The second kappa shape index (κ2) is 10.1. The van der Waals surface area contributed by atoms with Crippen LogP contribution in [0.1, 0.15) is 28.7 Å². The summed E-state index contributed by atoms with van der Waals surface area (Å²) >= 11 is 0. The van der Waals surface area contributed by atoms with E-state index in [4.69, 9.17) is 9.47 Å². The maximum absolute atomic E-state index is 12.4. The molecule has 2 aromatic rings. The summed E-state index contributed by atoms with van der Waals surface area (Å²) in [4.78, 5) is 42.1. The minimum absolute atomic E-state index is 0. The topological polar surface area (TPSA) is 118 Å². The van der Waals surface area contributed by atoms with Crippen LogP contribution in [0.15, 0.2) is 36.4 Å². The van der Waals surface area contributed by atoms with Crippen LogP contribution in [0.4, 0.5) is 0 Å². The Kier molecular flexibility index (Phi) is 8.15. The van der Waals surface area contributed by atoms with E-state index in [-0.39, 0.29) is 42.5 Å². The Labute approximate surface area is 160 Å². The van der Waals surface area contributed by atoms with Crippen molar-refractivity contribution < 1.29 is 29.0 Å². The fourth-order valence-corrected chi connectivity index (χ4v) is 2.11. The summed E-state index contributed by atoms with van der Waals surface area (Å²) in [6.07, 6.45) is 0.241. The molecule has 0 radical (unpaired) electrons. The van der Waals surface area contributed by atoms with Gasteiger partial charge in [-0.15, -0.1) is 22.5 Å². The number of carbonyl (C=O) groups is 2. The van der Waals surface area contributed by atoms with Gasteiger partial charge in [-0.1, -0.05) is 12.1 Å². The third kappa shape index (κ3) is 6.55. The standard InChI is InChI=1S/C17H16N2O7.ClH/c1-11-15(8-7-13(18-11)9-10-24-19(22)23)26-17(21)14-5-3-4-6-16(14)25-12(2)20;/h3-8H,9-10H2,1-2H3;1H. The molecule has 1 aromatic carbocycles. The van der Waals surface area contributed by atoms with Gasteiger partial charge >= 0.3 is 11.9 Å². The van der Waals surface area contributed by atoms with Crippen LogP contribution in [0.5, 0.6) is 11.5 Å². The molecule has 0 saturated heterocycles. The van der Waals surface area contributed by atoms with Crippen LogP contribution in [0.2, 0.25) is 0 Å². The van der Waals surface area contributed by atoms with Crippen molar-refractivity contribution in [1.29, 1.82) is 0 Å². The fraction of sp³-hybridized carbons (Fsp3) is 0.235. The van der Waals surface area contributed by atoms with Crippen LogP contribution in [0, 0.1) is 17.0 Å². The monoisotopic (exact) mass is 396 g/mol. The van der Waals surface area contributed by atoms with E-state index in [1.54, 1.807) is 25.1 Å². The smallest absolute Gasteiger partial charge is 0.347 e. The van der Waals surface area contributed by atoms with Gasteiger partial charge in [-0.05, 0) is 31.2 Å². The zero-order valence-corrected chi connectivity index (χ0v) is 15.4. The van der Waals surface area contributed by atoms with Crippen molar-refractivity contribution in [3.8, 4) is 11.5 Å². The highest BCUT2D eigenvalue weighted by Gasteiger charge is 2.17. The molecule has 0 amide bonds. The molecule has 0 fully saturated rings. The fourth-order valence-electron chi connectivity index (χ4n) is 2.11. The van der Waals surface area contributed by atoms with E-state index in [1.807, 2.05) is 0 Å². The largest absolute Gasteiger partial charge is 0.426 e. The lowest BCUT2D eigenvalue weighted by Gasteiger charge is -2.11. The van der Waals surface area contributed by atoms with Gasteiger partial charge in [0.05, 0.1) is 5.69 Å². The van der Waals surface area contributed by atoms with Crippen molar-refractivity contribution in [1.82, 2.24) is 4.98 Å². The molecule has 1 aromatic heterocycles. The van der Waals surface area contributed by atoms with E-state index in [0.717, 1.165) is 0 Å². The van der Waals surface area contributed by atoms with E-state index < -0.39 is 17.0 Å². The van der Waals surface area contributed by atoms with Gasteiger partial charge in [0, 0.05) is 19.0 Å². The van der Waals surface area contributed by atoms with Gasteiger partial charge in [-0.3, -0.25) is 9.78 Å². The highest BCUT2D eigenvalue weighted by Crippen LogP contribution is 2.22. The third-order valence-corrected chi connectivity index (χ3v) is 3.21. The molecule has 0 aliphatic heterocycles. The molecule has 27 heavy (non-hydrogen) atoms. The zero-order chi connectivity index (χ0) is 19.1. The molecule has 9 nitrogen and oxygen atoms in total. The number of hydrogen-bond acceptors (Lipinski definition) is 8. The predicted molar refractivity (Wildman–Crippen MR) is 95.6 cm³/mol. The Balaban J connectivity index is 0.00000364. The normalized spacial score (nSPS) is 9.70. The summed E-state index contributed by atoms with van der Waals surface area (Å²) in [5.41, 5.74) is 1.09. The van der Waals surface area contributed by atoms with Crippen molar-refractivity contribution in [2.45, 2.75) is 20.3 Å². The number of nitrogens with zero attached hydrogens (tertiary/aromatic N) is 2. The van der Waals surface area contributed by atoms with Crippen molar-refractivity contribution in [2.24, 2.45) is 0 Å². The van der Waals surface area contributed by atoms with Gasteiger partial charge in [0.25, 0.3) is 5.09 Å². The van der Waals surface area contributed by atoms with Gasteiger partial charge in [0.2, 0.25) is 0 Å². The maximum Gasteiger partial charge on any atom is 0.347 e. The number of rotatable bonds is 7. The second-order valence-electron chi connectivity index (χ2n) is 5.17. The number of esters is 2. The van der Waals surface area contributed by atoms with Crippen molar-refractivity contribution in [3.63, 3.8) is 0 Å². The summed E-state index contributed by atoms with van der Waals surface area (Å²) < 4.78 is 10.3. The average Bonchev–Trinajstić information content (AvgIpc) is 2.57. The molecule has 10 heteroatoms. The molecule has 0 unspecified atom stereocenters. The first-order valence-corrected chi connectivity index (χ1v) is 7.60. The Bertz CT molecular complexity index is 842. The molecule has 1 heterocycles. The van der Waals surface area contributed by atoms with Gasteiger partial charge in [-0.2, -0.15) is 0 Å². The summed E-state index contributed by atoms with van der Waals surface area (Å²) in [6.45, 7) is 2.75. The van der Waals surface area contributed by atoms with Gasteiger partial charge in [0.1, 0.15) is 17.9 Å². The van der Waals surface area contributed by atoms with E-state index in [2.05, 4.69) is 9.82 Å². The first kappa shape index (κ1) is 21.8. The van der Waals surface area contributed by atoms with Crippen LogP contribution < -0.4 is 9.47 Å². The summed E-state index contributed by atoms with van der Waals surface area (Å²) in [5.74, 6) is -0.920. The Morgan fingerprint density at radius 2 is 1.81 bits per heavy atom. The zero-order valence-electron chi connectivity index (χ0n) is 14.5. The lowest BCUT2D eigenvalue weighted by atomic mass is 10.2. The number of carbonyl (C=O) groups excluding carboxylic acids is 2. The van der Waals surface area contributed by atoms with Gasteiger partial charge in [0.15, 0.2) is 5.75 Å². The molecule has 0 saturated carbocycles. The van der Waals surface area contributed by atoms with E-state index >= 15 is 0 Å². The quantitative estimate of drug-likeness (QED) is 0.303. The molecule has 2 rings (SSSR count). The SMILES string of the molecule is CC(=O)Oc1ccccc1C(=O)Oc1ccc(CCO[N+](=O)[O-])nc1C.Cl. The van der Waals surface area contributed by atoms with E-state index in [9.17, 15) is 19.7 Å². The molecule has 0 aliphatic carbocycles. The lowest BCUT2D eigenvalue weighted by Crippen LogP contribution is -2.13. The molecule has 0 N–H and O–H groups in total. The molecule has 0 bridgehead atoms. The van der Waals surface area contributed by atoms with Crippen LogP contribution in [-0.2, 0) is 16.1 Å². The molecular formula is C17H17ClN2O7.